The molecule has 0 radical (unpaired) electrons. The van der Waals surface area contributed by atoms with Gasteiger partial charge in [0.2, 0.25) is 5.91 Å². The maximum absolute atomic E-state index is 11.3. The van der Waals surface area contributed by atoms with E-state index in [1.807, 2.05) is 13.0 Å². The normalized spacial score (nSPS) is 12.1. The molecular weight excluding hydrogens is 192 g/mol. The molecule has 1 amide bonds. The van der Waals surface area contributed by atoms with Crippen molar-refractivity contribution in [1.82, 2.24) is 5.32 Å². The lowest BCUT2D eigenvalue weighted by molar-refractivity contribution is -0.121. The second-order valence-electron chi connectivity index (χ2n) is 3.42. The Morgan fingerprint density at radius 2 is 2.33 bits per heavy atom. The zero-order valence-electron chi connectivity index (χ0n) is 8.73. The lowest BCUT2D eigenvalue weighted by Crippen LogP contribution is -2.28. The number of amides is 1. The van der Waals surface area contributed by atoms with Crippen LogP contribution in [0, 0.1) is 0 Å². The first-order valence-electron chi connectivity index (χ1n) is 4.92. The highest BCUT2D eigenvalue weighted by Gasteiger charge is 2.08. The smallest absolute Gasteiger partial charge is 0.221 e. The average molecular weight is 208 g/mol. The van der Waals surface area contributed by atoms with Gasteiger partial charge in [-0.3, -0.25) is 4.79 Å². The summed E-state index contributed by atoms with van der Waals surface area (Å²) in [6.07, 6.45) is 0.323. The van der Waals surface area contributed by atoms with Crippen molar-refractivity contribution in [2.24, 2.45) is 5.73 Å². The number of hydrogen-bond acceptors (Lipinski definition) is 3. The van der Waals surface area contributed by atoms with Gasteiger partial charge in [0.1, 0.15) is 5.75 Å². The highest BCUT2D eigenvalue weighted by molar-refractivity contribution is 5.76. The fourth-order valence-electron chi connectivity index (χ4n) is 1.32. The van der Waals surface area contributed by atoms with Gasteiger partial charge in [-0.2, -0.15) is 0 Å². The van der Waals surface area contributed by atoms with Crippen molar-refractivity contribution in [2.75, 3.05) is 6.54 Å². The van der Waals surface area contributed by atoms with Gasteiger partial charge in [-0.15, -0.1) is 0 Å². The maximum Gasteiger partial charge on any atom is 0.221 e. The Morgan fingerprint density at radius 1 is 1.60 bits per heavy atom. The minimum Gasteiger partial charge on any atom is -0.508 e. The van der Waals surface area contributed by atoms with Crippen LogP contribution in [0.15, 0.2) is 24.3 Å². The molecule has 0 aromatic heterocycles. The summed E-state index contributed by atoms with van der Waals surface area (Å²) in [7, 11) is 0. The molecule has 0 aliphatic rings. The number of phenols is 1. The Balaban J connectivity index is 2.60. The van der Waals surface area contributed by atoms with Gasteiger partial charge in [-0.25, -0.2) is 0 Å². The highest BCUT2D eigenvalue weighted by Crippen LogP contribution is 2.17. The Kier molecular flexibility index (Phi) is 4.12. The lowest BCUT2D eigenvalue weighted by Gasteiger charge is -2.14. The van der Waals surface area contributed by atoms with Crippen molar-refractivity contribution in [1.29, 1.82) is 0 Å². The third kappa shape index (κ3) is 3.59. The molecule has 0 aliphatic heterocycles. The Hall–Kier alpha value is -1.55. The van der Waals surface area contributed by atoms with E-state index in [0.29, 0.717) is 13.0 Å². The summed E-state index contributed by atoms with van der Waals surface area (Å²) in [6, 6.07) is 6.71. The van der Waals surface area contributed by atoms with Gasteiger partial charge in [0.05, 0.1) is 6.04 Å². The average Bonchev–Trinajstić information content (AvgIpc) is 2.18. The number of hydrogen-bond donors (Lipinski definition) is 3. The minimum atomic E-state index is -0.115. The summed E-state index contributed by atoms with van der Waals surface area (Å²) in [5.74, 6) is 0.126. The van der Waals surface area contributed by atoms with E-state index in [-0.39, 0.29) is 17.7 Å². The van der Waals surface area contributed by atoms with Gasteiger partial charge in [0.15, 0.2) is 0 Å². The van der Waals surface area contributed by atoms with Crippen LogP contribution in [0.4, 0.5) is 0 Å². The third-order valence-electron chi connectivity index (χ3n) is 2.12. The topological polar surface area (TPSA) is 75.4 Å². The molecule has 0 saturated heterocycles. The van der Waals surface area contributed by atoms with E-state index in [0.717, 1.165) is 5.56 Å². The van der Waals surface area contributed by atoms with Crippen LogP contribution in [0.1, 0.15) is 24.9 Å². The molecule has 15 heavy (non-hydrogen) atoms. The first kappa shape index (κ1) is 11.5. The predicted molar refractivity (Wildman–Crippen MR) is 58.3 cm³/mol. The lowest BCUT2D eigenvalue weighted by atomic mass is 10.1. The molecule has 82 valence electrons. The van der Waals surface area contributed by atoms with Crippen LogP contribution in [-0.2, 0) is 4.79 Å². The molecule has 1 aromatic rings. The van der Waals surface area contributed by atoms with Gasteiger partial charge >= 0.3 is 0 Å². The summed E-state index contributed by atoms with van der Waals surface area (Å²) < 4.78 is 0. The van der Waals surface area contributed by atoms with E-state index in [1.54, 1.807) is 18.2 Å². The molecule has 1 aromatic carbocycles. The molecule has 4 nitrogen and oxygen atoms in total. The molecule has 0 heterocycles. The summed E-state index contributed by atoms with van der Waals surface area (Å²) in [5.41, 5.74) is 6.14. The first-order chi connectivity index (χ1) is 7.13. The van der Waals surface area contributed by atoms with Crippen LogP contribution in [-0.4, -0.2) is 17.6 Å². The molecule has 4 heteroatoms. The number of benzene rings is 1. The van der Waals surface area contributed by atoms with Crippen molar-refractivity contribution in [2.45, 2.75) is 19.4 Å². The summed E-state index contributed by atoms with van der Waals surface area (Å²) in [5, 5.41) is 12.1. The van der Waals surface area contributed by atoms with Gasteiger partial charge < -0.3 is 16.2 Å². The second kappa shape index (κ2) is 5.36. The summed E-state index contributed by atoms with van der Waals surface area (Å²) in [4.78, 5) is 11.3. The molecular formula is C11H16N2O2. The Labute approximate surface area is 89.1 Å². The fraction of sp³-hybridized carbons (Fsp3) is 0.364. The van der Waals surface area contributed by atoms with Crippen molar-refractivity contribution < 1.29 is 9.90 Å². The SMILES string of the molecule is CC(NC(=O)CCN)c1cccc(O)c1. The van der Waals surface area contributed by atoms with Gasteiger partial charge in [0.25, 0.3) is 0 Å². The molecule has 0 bridgehead atoms. The van der Waals surface area contributed by atoms with Crippen LogP contribution < -0.4 is 11.1 Å². The van der Waals surface area contributed by atoms with Crippen LogP contribution >= 0.6 is 0 Å². The number of aromatic hydroxyl groups is 1. The second-order valence-corrected chi connectivity index (χ2v) is 3.42. The highest BCUT2D eigenvalue weighted by atomic mass is 16.3. The number of carbonyl (C=O) groups excluding carboxylic acids is 1. The van der Waals surface area contributed by atoms with E-state index >= 15 is 0 Å². The molecule has 0 saturated carbocycles. The maximum atomic E-state index is 11.3. The zero-order valence-corrected chi connectivity index (χ0v) is 8.73. The minimum absolute atomic E-state index is 0.0756. The standard InChI is InChI=1S/C11H16N2O2/c1-8(13-11(15)5-6-12)9-3-2-4-10(14)7-9/h2-4,7-8,14H,5-6,12H2,1H3,(H,13,15). The van der Waals surface area contributed by atoms with Crippen molar-refractivity contribution in [3.63, 3.8) is 0 Å². The number of nitrogens with two attached hydrogens (primary N) is 1. The quantitative estimate of drug-likeness (QED) is 0.688. The van der Waals surface area contributed by atoms with Crippen molar-refractivity contribution in [3.05, 3.63) is 29.8 Å². The van der Waals surface area contributed by atoms with E-state index in [1.165, 1.54) is 0 Å². The van der Waals surface area contributed by atoms with E-state index in [2.05, 4.69) is 5.32 Å². The molecule has 0 aliphatic carbocycles. The van der Waals surface area contributed by atoms with Crippen molar-refractivity contribution >= 4 is 5.91 Å². The molecule has 4 N–H and O–H groups in total. The molecule has 1 atom stereocenters. The number of rotatable bonds is 4. The zero-order chi connectivity index (χ0) is 11.3. The van der Waals surface area contributed by atoms with E-state index < -0.39 is 0 Å². The third-order valence-corrected chi connectivity index (χ3v) is 2.12. The molecule has 0 spiro atoms. The number of phenolic OH excluding ortho intramolecular Hbond substituents is 1. The Bertz CT molecular complexity index is 339. The van der Waals surface area contributed by atoms with Gasteiger partial charge in [0, 0.05) is 13.0 Å². The molecule has 1 rings (SSSR count). The van der Waals surface area contributed by atoms with E-state index in [4.69, 9.17) is 5.73 Å². The Morgan fingerprint density at radius 3 is 2.93 bits per heavy atom. The first-order valence-corrected chi connectivity index (χ1v) is 4.92. The van der Waals surface area contributed by atoms with Crippen LogP contribution in [0.5, 0.6) is 5.75 Å². The van der Waals surface area contributed by atoms with Crippen molar-refractivity contribution in [3.8, 4) is 5.75 Å². The van der Waals surface area contributed by atoms with Gasteiger partial charge in [-0.1, -0.05) is 12.1 Å². The molecule has 1 unspecified atom stereocenters. The summed E-state index contributed by atoms with van der Waals surface area (Å²) in [6.45, 7) is 2.21. The van der Waals surface area contributed by atoms with Gasteiger partial charge in [-0.05, 0) is 24.6 Å². The van der Waals surface area contributed by atoms with Crippen LogP contribution in [0.3, 0.4) is 0 Å². The van der Waals surface area contributed by atoms with Crippen LogP contribution in [0.25, 0.3) is 0 Å². The van der Waals surface area contributed by atoms with E-state index in [9.17, 15) is 9.90 Å². The largest absolute Gasteiger partial charge is 0.508 e. The fourth-order valence-corrected chi connectivity index (χ4v) is 1.32. The van der Waals surface area contributed by atoms with Crippen LogP contribution in [0.2, 0.25) is 0 Å². The summed E-state index contributed by atoms with van der Waals surface area (Å²) >= 11 is 0. The number of carbonyl (C=O) groups is 1. The monoisotopic (exact) mass is 208 g/mol. The number of nitrogens with one attached hydrogen (secondary N) is 1. The predicted octanol–water partition coefficient (Wildman–Crippen LogP) is 0.918. The molecule has 0 fully saturated rings.